The van der Waals surface area contributed by atoms with Crippen LogP contribution in [0, 0.1) is 0 Å². The molecule has 5 nitrogen and oxygen atoms in total. The Balaban J connectivity index is 0. The van der Waals surface area contributed by atoms with E-state index in [1.54, 1.807) is 12.2 Å². The van der Waals surface area contributed by atoms with E-state index in [9.17, 15) is 4.79 Å². The summed E-state index contributed by atoms with van der Waals surface area (Å²) >= 11 is 0. The van der Waals surface area contributed by atoms with Crippen LogP contribution in [0.3, 0.4) is 0 Å². The van der Waals surface area contributed by atoms with E-state index in [0.29, 0.717) is 25.7 Å². The SMILES string of the molecule is CC=CCC(N)(CCCCB(O)O)C(=O)O.Cl. The first kappa shape index (κ1) is 18.8. The summed E-state index contributed by atoms with van der Waals surface area (Å²) < 4.78 is 0. The molecule has 7 heteroatoms. The lowest BCUT2D eigenvalue weighted by molar-refractivity contribution is -0.143. The fourth-order valence-electron chi connectivity index (χ4n) is 1.39. The van der Waals surface area contributed by atoms with Crippen molar-refractivity contribution >= 4 is 25.5 Å². The molecule has 0 amide bonds. The summed E-state index contributed by atoms with van der Waals surface area (Å²) in [6.45, 7) is 1.81. The molecule has 0 saturated heterocycles. The van der Waals surface area contributed by atoms with Gasteiger partial charge in [0.05, 0.1) is 0 Å². The van der Waals surface area contributed by atoms with Crippen LogP contribution in [-0.4, -0.2) is 33.8 Å². The first-order valence-corrected chi connectivity index (χ1v) is 5.42. The normalized spacial score (nSPS) is 14.1. The van der Waals surface area contributed by atoms with Crippen molar-refractivity contribution in [2.45, 2.75) is 44.5 Å². The van der Waals surface area contributed by atoms with Gasteiger partial charge in [-0.2, -0.15) is 0 Å². The molecule has 0 fully saturated rings. The van der Waals surface area contributed by atoms with E-state index < -0.39 is 18.6 Å². The molecule has 17 heavy (non-hydrogen) atoms. The molecule has 0 aliphatic rings. The minimum atomic E-state index is -1.33. The summed E-state index contributed by atoms with van der Waals surface area (Å²) in [6.07, 6.45) is 5.49. The van der Waals surface area contributed by atoms with Crippen molar-refractivity contribution < 1.29 is 19.9 Å². The molecule has 0 radical (unpaired) electrons. The van der Waals surface area contributed by atoms with Gasteiger partial charge in [-0.15, -0.1) is 12.4 Å². The van der Waals surface area contributed by atoms with E-state index in [4.69, 9.17) is 20.9 Å². The van der Waals surface area contributed by atoms with Crippen LogP contribution in [0.1, 0.15) is 32.6 Å². The Morgan fingerprint density at radius 1 is 1.41 bits per heavy atom. The molecule has 0 rings (SSSR count). The molecule has 0 bridgehead atoms. The van der Waals surface area contributed by atoms with Crippen molar-refractivity contribution in [2.24, 2.45) is 5.73 Å². The van der Waals surface area contributed by atoms with E-state index in [-0.39, 0.29) is 18.7 Å². The Morgan fingerprint density at radius 3 is 2.41 bits per heavy atom. The largest absolute Gasteiger partial charge is 0.480 e. The van der Waals surface area contributed by atoms with E-state index in [1.165, 1.54) is 0 Å². The first-order valence-electron chi connectivity index (χ1n) is 5.42. The zero-order valence-electron chi connectivity index (χ0n) is 10.0. The van der Waals surface area contributed by atoms with Crippen molar-refractivity contribution in [3.05, 3.63) is 12.2 Å². The number of hydrogen-bond donors (Lipinski definition) is 4. The topological polar surface area (TPSA) is 104 Å². The van der Waals surface area contributed by atoms with E-state index in [0.717, 1.165) is 0 Å². The number of hydrogen-bond acceptors (Lipinski definition) is 4. The Labute approximate surface area is 108 Å². The fraction of sp³-hybridized carbons (Fsp3) is 0.700. The number of nitrogens with two attached hydrogens (primary N) is 1. The van der Waals surface area contributed by atoms with Crippen LogP contribution in [0.4, 0.5) is 0 Å². The Hall–Kier alpha value is -0.555. The summed E-state index contributed by atoms with van der Waals surface area (Å²) in [7, 11) is -1.33. The van der Waals surface area contributed by atoms with Gasteiger partial charge in [-0.05, 0) is 26.1 Å². The van der Waals surface area contributed by atoms with E-state index in [2.05, 4.69) is 0 Å². The van der Waals surface area contributed by atoms with Gasteiger partial charge in [-0.25, -0.2) is 0 Å². The molecule has 0 aromatic heterocycles. The molecule has 5 N–H and O–H groups in total. The molecule has 0 heterocycles. The maximum atomic E-state index is 11.0. The molecular weight excluding hydrogens is 244 g/mol. The van der Waals surface area contributed by atoms with Crippen LogP contribution < -0.4 is 5.73 Å². The standard InChI is InChI=1S/C10H20BNO4.ClH/c1-2-3-6-10(12,9(13)14)7-4-5-8-11(15)16;/h2-3,15-16H,4-8,12H2,1H3,(H,13,14);1H. The van der Waals surface area contributed by atoms with Gasteiger partial charge in [0.15, 0.2) is 0 Å². The van der Waals surface area contributed by atoms with Gasteiger partial charge in [0.1, 0.15) is 5.54 Å². The number of carboxylic acid groups (broad SMARTS) is 1. The summed E-state index contributed by atoms with van der Waals surface area (Å²) in [4.78, 5) is 11.0. The van der Waals surface area contributed by atoms with Crippen molar-refractivity contribution in [1.29, 1.82) is 0 Å². The lowest BCUT2D eigenvalue weighted by Crippen LogP contribution is -2.47. The highest BCUT2D eigenvalue weighted by Crippen LogP contribution is 2.18. The molecule has 0 saturated carbocycles. The predicted octanol–water partition coefficient (Wildman–Crippen LogP) is 0.800. The van der Waals surface area contributed by atoms with E-state index in [1.807, 2.05) is 6.92 Å². The number of carbonyl (C=O) groups is 1. The summed E-state index contributed by atoms with van der Waals surface area (Å²) in [5.74, 6) is -1.02. The number of aliphatic carboxylic acids is 1. The zero-order chi connectivity index (χ0) is 12.6. The van der Waals surface area contributed by atoms with Crippen LogP contribution in [-0.2, 0) is 4.79 Å². The third-order valence-corrected chi connectivity index (χ3v) is 2.48. The lowest BCUT2D eigenvalue weighted by atomic mass is 9.81. The first-order chi connectivity index (χ1) is 7.42. The molecule has 0 aliphatic carbocycles. The highest BCUT2D eigenvalue weighted by atomic mass is 35.5. The number of rotatable bonds is 8. The average molecular weight is 266 g/mol. The molecule has 0 aromatic carbocycles. The van der Waals surface area contributed by atoms with E-state index >= 15 is 0 Å². The predicted molar refractivity (Wildman–Crippen MR) is 70.1 cm³/mol. The number of unbranched alkanes of at least 4 members (excludes halogenated alkanes) is 1. The highest BCUT2D eigenvalue weighted by Gasteiger charge is 2.31. The van der Waals surface area contributed by atoms with Gasteiger partial charge < -0.3 is 20.9 Å². The average Bonchev–Trinajstić information content (AvgIpc) is 2.21. The Morgan fingerprint density at radius 2 is 2.00 bits per heavy atom. The number of carboxylic acids is 1. The molecular formula is C10H21BClNO4. The second-order valence-electron chi connectivity index (χ2n) is 3.96. The Bertz CT molecular complexity index is 250. The highest BCUT2D eigenvalue weighted by molar-refractivity contribution is 6.40. The van der Waals surface area contributed by atoms with Gasteiger partial charge in [-0.1, -0.05) is 25.0 Å². The van der Waals surface area contributed by atoms with Gasteiger partial charge in [0.25, 0.3) is 0 Å². The summed E-state index contributed by atoms with van der Waals surface area (Å²) in [5.41, 5.74) is 4.52. The van der Waals surface area contributed by atoms with Crippen molar-refractivity contribution in [2.75, 3.05) is 0 Å². The third kappa shape index (κ3) is 8.21. The molecule has 1 unspecified atom stereocenters. The molecule has 1 atom stereocenters. The van der Waals surface area contributed by atoms with Crippen molar-refractivity contribution in [1.82, 2.24) is 0 Å². The van der Waals surface area contributed by atoms with Crippen LogP contribution in [0.5, 0.6) is 0 Å². The second kappa shape index (κ2) is 9.47. The maximum Gasteiger partial charge on any atom is 0.451 e. The zero-order valence-corrected chi connectivity index (χ0v) is 10.8. The van der Waals surface area contributed by atoms with Crippen LogP contribution in [0.2, 0.25) is 6.32 Å². The van der Waals surface area contributed by atoms with Gasteiger partial charge in [-0.3, -0.25) is 4.79 Å². The Kier molecular flexibility index (Phi) is 10.5. The molecule has 100 valence electrons. The number of allylic oxidation sites excluding steroid dienone is 1. The minimum absolute atomic E-state index is 0. The van der Waals surface area contributed by atoms with Crippen molar-refractivity contribution in [3.8, 4) is 0 Å². The number of halogens is 1. The summed E-state index contributed by atoms with van der Waals surface area (Å²) in [5, 5.41) is 26.3. The second-order valence-corrected chi connectivity index (χ2v) is 3.96. The third-order valence-electron chi connectivity index (χ3n) is 2.48. The van der Waals surface area contributed by atoms with Gasteiger partial charge in [0, 0.05) is 0 Å². The molecule has 0 aliphatic heterocycles. The smallest absolute Gasteiger partial charge is 0.451 e. The molecule has 0 spiro atoms. The van der Waals surface area contributed by atoms with Crippen LogP contribution >= 0.6 is 12.4 Å². The fourth-order valence-corrected chi connectivity index (χ4v) is 1.39. The quantitative estimate of drug-likeness (QED) is 0.295. The monoisotopic (exact) mass is 265 g/mol. The van der Waals surface area contributed by atoms with Crippen LogP contribution in [0.15, 0.2) is 12.2 Å². The minimum Gasteiger partial charge on any atom is -0.480 e. The van der Waals surface area contributed by atoms with Gasteiger partial charge in [0.2, 0.25) is 0 Å². The van der Waals surface area contributed by atoms with Crippen LogP contribution in [0.25, 0.3) is 0 Å². The maximum absolute atomic E-state index is 11.0. The molecule has 0 aromatic rings. The lowest BCUT2D eigenvalue weighted by Gasteiger charge is -2.23. The van der Waals surface area contributed by atoms with Gasteiger partial charge >= 0.3 is 13.1 Å². The van der Waals surface area contributed by atoms with Crippen molar-refractivity contribution in [3.63, 3.8) is 0 Å². The summed E-state index contributed by atoms with van der Waals surface area (Å²) in [6, 6.07) is 0.